The molecule has 18 heavy (non-hydrogen) atoms. The molecule has 4 aliphatic rings. The Morgan fingerprint density at radius 3 is 2.06 bits per heavy atom. The van der Waals surface area contributed by atoms with Gasteiger partial charge >= 0.3 is 5.97 Å². The fourth-order valence-electron chi connectivity index (χ4n) is 5.37. The number of rotatable bonds is 3. The lowest BCUT2D eigenvalue weighted by Gasteiger charge is -2.58. The predicted octanol–water partition coefficient (Wildman–Crippen LogP) is 3.54. The zero-order chi connectivity index (χ0) is 12.9. The smallest absolute Gasteiger partial charge is 0.335 e. The van der Waals surface area contributed by atoms with Crippen LogP contribution in [0.15, 0.2) is 12.7 Å². The number of hydrogen-bond acceptors (Lipinski definition) is 1. The molecule has 0 heterocycles. The highest BCUT2D eigenvalue weighted by atomic mass is 16.6. The van der Waals surface area contributed by atoms with Crippen LogP contribution >= 0.6 is 0 Å². The van der Waals surface area contributed by atoms with Crippen LogP contribution < -0.4 is 0 Å². The van der Waals surface area contributed by atoms with Crippen molar-refractivity contribution in [2.45, 2.75) is 51.6 Å². The fourth-order valence-corrected chi connectivity index (χ4v) is 5.37. The second-order valence-electron chi connectivity index (χ2n) is 6.96. The summed E-state index contributed by atoms with van der Waals surface area (Å²) in [6.45, 7) is 8.12. The van der Waals surface area contributed by atoms with Crippen molar-refractivity contribution in [1.82, 2.24) is 0 Å². The van der Waals surface area contributed by atoms with E-state index in [-0.39, 0.29) is 11.6 Å². The molecule has 2 nitrogen and oxygen atoms in total. The zero-order valence-electron chi connectivity index (χ0n) is 11.6. The minimum atomic E-state index is -0.133. The van der Waals surface area contributed by atoms with Crippen molar-refractivity contribution in [1.29, 1.82) is 0 Å². The summed E-state index contributed by atoms with van der Waals surface area (Å²) in [5.74, 6) is 3.60. The SMILES string of the molecule is C=CC(=[OH+])OC1(C(C)C)C2CC3CC(C2)CC1C3. The molecule has 0 unspecified atom stereocenters. The summed E-state index contributed by atoms with van der Waals surface area (Å²) in [6, 6.07) is 0. The standard InChI is InChI=1S/C16H24O2/c1-4-15(17)18-16(10(2)3)13-6-11-5-12(8-13)9-14(16)7-11/h4,10-14H,1,5-9H2,2-3H3/p+1. The summed E-state index contributed by atoms with van der Waals surface area (Å²) in [6.07, 6.45) is 8.09. The summed E-state index contributed by atoms with van der Waals surface area (Å²) >= 11 is 0. The maximum absolute atomic E-state index is 9.83. The van der Waals surface area contributed by atoms with E-state index in [2.05, 4.69) is 20.4 Å². The van der Waals surface area contributed by atoms with Crippen molar-refractivity contribution in [3.05, 3.63) is 12.7 Å². The largest absolute Gasteiger partial charge is 0.509 e. The first-order valence-electron chi connectivity index (χ1n) is 7.43. The van der Waals surface area contributed by atoms with Gasteiger partial charge in [0.15, 0.2) is 0 Å². The summed E-state index contributed by atoms with van der Waals surface area (Å²) in [5.41, 5.74) is -0.133. The lowest BCUT2D eigenvalue weighted by atomic mass is 9.47. The van der Waals surface area contributed by atoms with Crippen LogP contribution in [0.25, 0.3) is 0 Å². The molecular formula is C16H25O2+. The van der Waals surface area contributed by atoms with Gasteiger partial charge in [-0.2, -0.15) is 0 Å². The van der Waals surface area contributed by atoms with Crippen LogP contribution in [-0.4, -0.2) is 16.4 Å². The fraction of sp³-hybridized carbons (Fsp3) is 0.812. The van der Waals surface area contributed by atoms with Gasteiger partial charge < -0.3 is 9.53 Å². The highest BCUT2D eigenvalue weighted by Gasteiger charge is 2.64. The van der Waals surface area contributed by atoms with Crippen LogP contribution in [0.1, 0.15) is 46.0 Å². The molecule has 2 heteroatoms. The van der Waals surface area contributed by atoms with Gasteiger partial charge in [0.25, 0.3) is 0 Å². The molecule has 0 aliphatic heterocycles. The van der Waals surface area contributed by atoms with Crippen LogP contribution in [0.2, 0.25) is 0 Å². The van der Waals surface area contributed by atoms with Crippen LogP contribution in [0.5, 0.6) is 0 Å². The Morgan fingerprint density at radius 2 is 1.67 bits per heavy atom. The topological polar surface area (TPSA) is 30.6 Å². The monoisotopic (exact) mass is 249 g/mol. The van der Waals surface area contributed by atoms with Crippen molar-refractivity contribution < 1.29 is 9.53 Å². The Labute approximate surface area is 110 Å². The van der Waals surface area contributed by atoms with E-state index in [1.807, 2.05) is 0 Å². The molecule has 4 rings (SSSR count). The number of carbonyl (C=O) groups excluding carboxylic acids is 1. The molecule has 0 atom stereocenters. The van der Waals surface area contributed by atoms with E-state index in [4.69, 9.17) is 4.74 Å². The molecule has 0 aromatic rings. The van der Waals surface area contributed by atoms with Crippen LogP contribution in [0, 0.1) is 29.6 Å². The third-order valence-electron chi connectivity index (χ3n) is 5.77. The number of ether oxygens (including phenoxy) is 1. The third-order valence-corrected chi connectivity index (χ3v) is 5.77. The average molecular weight is 249 g/mol. The normalized spacial score (nSPS) is 45.3. The van der Waals surface area contributed by atoms with Gasteiger partial charge in [0.05, 0.1) is 6.08 Å². The van der Waals surface area contributed by atoms with Gasteiger partial charge in [0.1, 0.15) is 0 Å². The second-order valence-corrected chi connectivity index (χ2v) is 6.96. The first-order valence-corrected chi connectivity index (χ1v) is 7.43. The van der Waals surface area contributed by atoms with Gasteiger partial charge in [-0.05, 0) is 43.9 Å². The maximum atomic E-state index is 9.83. The van der Waals surface area contributed by atoms with E-state index in [0.717, 1.165) is 11.8 Å². The van der Waals surface area contributed by atoms with E-state index in [1.165, 1.54) is 38.2 Å². The van der Waals surface area contributed by atoms with E-state index < -0.39 is 0 Å². The first-order chi connectivity index (χ1) is 8.56. The van der Waals surface area contributed by atoms with E-state index in [9.17, 15) is 4.79 Å². The molecule has 0 spiro atoms. The Kier molecular flexibility index (Phi) is 2.80. The van der Waals surface area contributed by atoms with Crippen molar-refractivity contribution in [2.24, 2.45) is 29.6 Å². The van der Waals surface area contributed by atoms with Crippen LogP contribution in [0.4, 0.5) is 0 Å². The number of hydrogen-bond donors (Lipinski definition) is 0. The lowest BCUT2D eigenvalue weighted by Crippen LogP contribution is -2.62. The molecule has 0 radical (unpaired) electrons. The summed E-state index contributed by atoms with van der Waals surface area (Å²) in [4.78, 5) is 9.83. The Balaban J connectivity index is 1.94. The lowest BCUT2D eigenvalue weighted by molar-refractivity contribution is -0.188. The van der Waals surface area contributed by atoms with Gasteiger partial charge in [-0.3, -0.25) is 0 Å². The Hall–Kier alpha value is -0.790. The molecule has 1 N–H and O–H groups in total. The quantitative estimate of drug-likeness (QED) is 0.427. The van der Waals surface area contributed by atoms with Gasteiger partial charge in [0.2, 0.25) is 5.60 Å². The Bertz CT molecular complexity index is 341. The summed E-state index contributed by atoms with van der Waals surface area (Å²) in [7, 11) is 0. The molecule has 4 bridgehead atoms. The average Bonchev–Trinajstić information content (AvgIpc) is 2.32. The third kappa shape index (κ3) is 1.57. The second kappa shape index (κ2) is 4.11. The summed E-state index contributed by atoms with van der Waals surface area (Å²) in [5, 5.41) is 0. The van der Waals surface area contributed by atoms with Crippen molar-refractivity contribution >= 4 is 5.97 Å². The molecule has 0 aromatic carbocycles. The molecule has 100 valence electrons. The van der Waals surface area contributed by atoms with Gasteiger partial charge in [0, 0.05) is 17.8 Å². The van der Waals surface area contributed by atoms with Crippen LogP contribution in [-0.2, 0) is 4.74 Å². The molecule has 0 aromatic heterocycles. The molecule has 4 saturated carbocycles. The number of esters is 1. The molecule has 4 fully saturated rings. The predicted molar refractivity (Wildman–Crippen MR) is 72.8 cm³/mol. The minimum Gasteiger partial charge on any atom is -0.335 e. The van der Waals surface area contributed by atoms with E-state index in [0.29, 0.717) is 17.8 Å². The molecular weight excluding hydrogens is 224 g/mol. The van der Waals surface area contributed by atoms with Crippen molar-refractivity contribution in [3.63, 3.8) is 0 Å². The minimum absolute atomic E-state index is 0.0242. The van der Waals surface area contributed by atoms with Gasteiger partial charge in [-0.15, -0.1) is 0 Å². The highest BCUT2D eigenvalue weighted by Crippen LogP contribution is 2.61. The Morgan fingerprint density at radius 1 is 1.17 bits per heavy atom. The zero-order valence-corrected chi connectivity index (χ0v) is 11.6. The molecule has 0 amide bonds. The van der Waals surface area contributed by atoms with Crippen LogP contribution in [0.3, 0.4) is 0 Å². The maximum Gasteiger partial charge on any atom is 0.509 e. The van der Waals surface area contributed by atoms with Crippen molar-refractivity contribution in [2.75, 3.05) is 0 Å². The molecule has 4 aliphatic carbocycles. The highest BCUT2D eigenvalue weighted by molar-refractivity contribution is 5.82. The van der Waals surface area contributed by atoms with Gasteiger partial charge in [-0.1, -0.05) is 20.4 Å². The first kappa shape index (κ1) is 12.3. The van der Waals surface area contributed by atoms with E-state index in [1.54, 1.807) is 0 Å². The molecule has 0 saturated heterocycles. The van der Waals surface area contributed by atoms with E-state index >= 15 is 0 Å². The van der Waals surface area contributed by atoms with Crippen molar-refractivity contribution in [3.8, 4) is 0 Å². The van der Waals surface area contributed by atoms with Gasteiger partial charge in [-0.25, -0.2) is 0 Å². The summed E-state index contributed by atoms with van der Waals surface area (Å²) < 4.78 is 6.08.